The Bertz CT molecular complexity index is 455. The molecule has 1 aliphatic heterocycles. The van der Waals surface area contributed by atoms with Crippen LogP contribution in [0.25, 0.3) is 0 Å². The zero-order chi connectivity index (χ0) is 16.5. The van der Waals surface area contributed by atoms with Crippen LogP contribution >= 0.6 is 0 Å². The molecule has 1 unspecified atom stereocenters. The molecule has 1 heterocycles. The zero-order valence-electron chi connectivity index (χ0n) is 14.0. The topological polar surface area (TPSA) is 67.6 Å². The van der Waals surface area contributed by atoms with Gasteiger partial charge in [-0.2, -0.15) is 0 Å². The molecular formula is C18H29N3O2. The lowest BCUT2D eigenvalue weighted by atomic mass is 9.96. The number of hydrogen-bond donors (Lipinski definition) is 2. The molecule has 1 atom stereocenters. The first kappa shape index (κ1) is 17.9. The molecular weight excluding hydrogens is 290 g/mol. The average molecular weight is 319 g/mol. The van der Waals surface area contributed by atoms with Crippen LogP contribution in [-0.4, -0.2) is 50.2 Å². The number of nitrogens with two attached hydrogens (primary N) is 1. The number of benzene rings is 1. The second kappa shape index (κ2) is 9.65. The number of carbonyl (C=O) groups is 1. The number of methoxy groups -OCH3 is 1. The van der Waals surface area contributed by atoms with Gasteiger partial charge in [-0.1, -0.05) is 30.3 Å². The van der Waals surface area contributed by atoms with E-state index in [9.17, 15) is 4.79 Å². The van der Waals surface area contributed by atoms with E-state index >= 15 is 0 Å². The number of rotatable bonds is 8. The SMILES string of the molecule is COC(CN)CC(=O)NCC1CCN(Cc2ccccc2)CC1. The summed E-state index contributed by atoms with van der Waals surface area (Å²) in [6.45, 7) is 4.35. The van der Waals surface area contributed by atoms with E-state index in [-0.39, 0.29) is 12.0 Å². The molecule has 5 nitrogen and oxygen atoms in total. The van der Waals surface area contributed by atoms with Gasteiger partial charge in [-0.15, -0.1) is 0 Å². The van der Waals surface area contributed by atoms with Gasteiger partial charge in [0.05, 0.1) is 12.5 Å². The molecule has 0 bridgehead atoms. The van der Waals surface area contributed by atoms with Crippen LogP contribution in [0, 0.1) is 5.92 Å². The van der Waals surface area contributed by atoms with Crippen molar-refractivity contribution < 1.29 is 9.53 Å². The van der Waals surface area contributed by atoms with E-state index in [1.807, 2.05) is 0 Å². The van der Waals surface area contributed by atoms with Gasteiger partial charge in [-0.05, 0) is 37.4 Å². The van der Waals surface area contributed by atoms with Crippen molar-refractivity contribution in [2.24, 2.45) is 11.7 Å². The second-order valence-electron chi connectivity index (χ2n) is 6.31. The third kappa shape index (κ3) is 6.29. The molecule has 0 aromatic heterocycles. The van der Waals surface area contributed by atoms with E-state index in [1.165, 1.54) is 5.56 Å². The van der Waals surface area contributed by atoms with E-state index in [0.29, 0.717) is 18.9 Å². The highest BCUT2D eigenvalue weighted by Gasteiger charge is 2.20. The van der Waals surface area contributed by atoms with Gasteiger partial charge < -0.3 is 15.8 Å². The summed E-state index contributed by atoms with van der Waals surface area (Å²) in [5.74, 6) is 0.610. The number of hydrogen-bond acceptors (Lipinski definition) is 4. The highest BCUT2D eigenvalue weighted by Crippen LogP contribution is 2.18. The molecule has 0 aliphatic carbocycles. The highest BCUT2D eigenvalue weighted by molar-refractivity contribution is 5.76. The monoisotopic (exact) mass is 319 g/mol. The summed E-state index contributed by atoms with van der Waals surface area (Å²) in [5.41, 5.74) is 6.91. The zero-order valence-corrected chi connectivity index (χ0v) is 14.0. The van der Waals surface area contributed by atoms with Crippen LogP contribution in [0.3, 0.4) is 0 Å². The first-order chi connectivity index (χ1) is 11.2. The molecule has 23 heavy (non-hydrogen) atoms. The Morgan fingerprint density at radius 2 is 2.04 bits per heavy atom. The summed E-state index contributed by atoms with van der Waals surface area (Å²) < 4.78 is 5.14. The molecule has 3 N–H and O–H groups in total. The van der Waals surface area contributed by atoms with Gasteiger partial charge in [0, 0.05) is 26.7 Å². The summed E-state index contributed by atoms with van der Waals surface area (Å²) in [4.78, 5) is 14.4. The maximum atomic E-state index is 11.9. The standard InChI is InChI=1S/C18H29N3O2/c1-23-17(12-19)11-18(22)20-13-15-7-9-21(10-8-15)14-16-5-3-2-4-6-16/h2-6,15,17H,7-14,19H2,1H3,(H,20,22). The molecule has 5 heteroatoms. The fourth-order valence-electron chi connectivity index (χ4n) is 2.99. The number of likely N-dealkylation sites (tertiary alicyclic amines) is 1. The minimum atomic E-state index is -0.178. The number of carbonyl (C=O) groups excluding carboxylic acids is 1. The molecule has 1 fully saturated rings. The van der Waals surface area contributed by atoms with E-state index in [4.69, 9.17) is 10.5 Å². The maximum Gasteiger partial charge on any atom is 0.222 e. The lowest BCUT2D eigenvalue weighted by Gasteiger charge is -2.32. The third-order valence-electron chi connectivity index (χ3n) is 4.55. The van der Waals surface area contributed by atoms with Crippen LogP contribution in [0.1, 0.15) is 24.8 Å². The lowest BCUT2D eigenvalue weighted by molar-refractivity contribution is -0.123. The lowest BCUT2D eigenvalue weighted by Crippen LogP contribution is -2.39. The van der Waals surface area contributed by atoms with Crippen molar-refractivity contribution in [1.29, 1.82) is 0 Å². The minimum Gasteiger partial charge on any atom is -0.380 e. The summed E-state index contributed by atoms with van der Waals surface area (Å²) in [7, 11) is 1.59. The van der Waals surface area contributed by atoms with Gasteiger partial charge in [0.25, 0.3) is 0 Å². The van der Waals surface area contributed by atoms with Crippen LogP contribution < -0.4 is 11.1 Å². The predicted octanol–water partition coefficient (Wildman–Crippen LogP) is 1.38. The predicted molar refractivity (Wildman–Crippen MR) is 91.9 cm³/mol. The van der Waals surface area contributed by atoms with Crippen molar-refractivity contribution in [3.63, 3.8) is 0 Å². The largest absolute Gasteiger partial charge is 0.380 e. The van der Waals surface area contributed by atoms with Crippen molar-refractivity contribution in [1.82, 2.24) is 10.2 Å². The smallest absolute Gasteiger partial charge is 0.222 e. The average Bonchev–Trinajstić information content (AvgIpc) is 2.60. The molecule has 2 rings (SSSR count). The van der Waals surface area contributed by atoms with Crippen LogP contribution in [0.4, 0.5) is 0 Å². The highest BCUT2D eigenvalue weighted by atomic mass is 16.5. The molecule has 1 saturated heterocycles. The van der Waals surface area contributed by atoms with Crippen LogP contribution in [0.15, 0.2) is 30.3 Å². The summed E-state index contributed by atoms with van der Waals surface area (Å²) >= 11 is 0. The second-order valence-corrected chi connectivity index (χ2v) is 6.31. The Morgan fingerprint density at radius 1 is 1.35 bits per heavy atom. The summed E-state index contributed by atoms with van der Waals surface area (Å²) in [5, 5.41) is 3.02. The maximum absolute atomic E-state index is 11.9. The number of nitrogens with one attached hydrogen (secondary N) is 1. The first-order valence-corrected chi connectivity index (χ1v) is 8.47. The quantitative estimate of drug-likeness (QED) is 0.759. The van der Waals surface area contributed by atoms with Gasteiger partial charge >= 0.3 is 0 Å². The van der Waals surface area contributed by atoms with Crippen LogP contribution in [-0.2, 0) is 16.1 Å². The molecule has 1 aromatic carbocycles. The Labute approximate surface area is 139 Å². The van der Waals surface area contributed by atoms with Crippen LogP contribution in [0.5, 0.6) is 0 Å². The van der Waals surface area contributed by atoms with Gasteiger partial charge in [0.1, 0.15) is 0 Å². The van der Waals surface area contributed by atoms with Gasteiger partial charge in [-0.25, -0.2) is 0 Å². The van der Waals surface area contributed by atoms with Crippen molar-refractivity contribution in [2.75, 3.05) is 33.3 Å². The Hall–Kier alpha value is -1.43. The third-order valence-corrected chi connectivity index (χ3v) is 4.55. The van der Waals surface area contributed by atoms with E-state index in [2.05, 4.69) is 40.5 Å². The fraction of sp³-hybridized carbons (Fsp3) is 0.611. The number of amides is 1. The van der Waals surface area contributed by atoms with E-state index in [0.717, 1.165) is 39.0 Å². The number of ether oxygens (including phenoxy) is 1. The van der Waals surface area contributed by atoms with E-state index < -0.39 is 0 Å². The molecule has 1 amide bonds. The van der Waals surface area contributed by atoms with Crippen molar-refractivity contribution in [3.8, 4) is 0 Å². The van der Waals surface area contributed by atoms with Gasteiger partial charge in [0.15, 0.2) is 0 Å². The molecule has 0 radical (unpaired) electrons. The van der Waals surface area contributed by atoms with E-state index in [1.54, 1.807) is 7.11 Å². The number of nitrogens with zero attached hydrogens (tertiary/aromatic N) is 1. The van der Waals surface area contributed by atoms with Gasteiger partial charge in [0.2, 0.25) is 5.91 Å². The van der Waals surface area contributed by atoms with Crippen molar-refractivity contribution in [2.45, 2.75) is 31.9 Å². The summed E-state index contributed by atoms with van der Waals surface area (Å²) in [6.07, 6.45) is 2.44. The Kier molecular flexibility index (Phi) is 7.52. The normalized spacial score (nSPS) is 17.8. The minimum absolute atomic E-state index is 0.0361. The molecule has 0 spiro atoms. The first-order valence-electron chi connectivity index (χ1n) is 8.47. The van der Waals surface area contributed by atoms with Crippen LogP contribution in [0.2, 0.25) is 0 Å². The summed E-state index contributed by atoms with van der Waals surface area (Å²) in [6, 6.07) is 10.6. The van der Waals surface area contributed by atoms with Crippen molar-refractivity contribution >= 4 is 5.91 Å². The number of piperidine rings is 1. The molecule has 1 aromatic rings. The molecule has 0 saturated carbocycles. The fourth-order valence-corrected chi connectivity index (χ4v) is 2.99. The van der Waals surface area contributed by atoms with Crippen molar-refractivity contribution in [3.05, 3.63) is 35.9 Å². The van der Waals surface area contributed by atoms with Gasteiger partial charge in [-0.3, -0.25) is 9.69 Å². The Balaban J connectivity index is 1.64. The molecule has 1 aliphatic rings. The molecule has 128 valence electrons. The Morgan fingerprint density at radius 3 is 2.65 bits per heavy atom.